The first-order valence-corrected chi connectivity index (χ1v) is 8.50. The van der Waals surface area contributed by atoms with E-state index in [1.54, 1.807) is 0 Å². The van der Waals surface area contributed by atoms with Crippen molar-refractivity contribution in [3.8, 4) is 0 Å². The molecule has 0 saturated heterocycles. The fourth-order valence-corrected chi connectivity index (χ4v) is 2.00. The van der Waals surface area contributed by atoms with E-state index in [0.29, 0.717) is 0 Å². The average Bonchev–Trinajstić information content (AvgIpc) is 2.36. The molecule has 0 aliphatic carbocycles. The van der Waals surface area contributed by atoms with Gasteiger partial charge in [-0.2, -0.15) is 27.7 Å². The van der Waals surface area contributed by atoms with Gasteiger partial charge in [0.2, 0.25) is 0 Å². The Morgan fingerprint density at radius 2 is 0.696 bits per heavy atom. The van der Waals surface area contributed by atoms with Crippen LogP contribution in [-0.2, 0) is 19.5 Å². The second-order valence-corrected chi connectivity index (χ2v) is 8.50. The molecule has 0 fully saturated rings. The predicted molar refractivity (Wildman–Crippen MR) is 105 cm³/mol. The van der Waals surface area contributed by atoms with Gasteiger partial charge in [-0.25, -0.2) is 0 Å². The van der Waals surface area contributed by atoms with E-state index in [1.165, 1.54) is 34.1 Å². The summed E-state index contributed by atoms with van der Waals surface area (Å²) < 4.78 is 0. The van der Waals surface area contributed by atoms with E-state index < -0.39 is 0 Å². The Morgan fingerprint density at radius 1 is 0.522 bits per heavy atom. The molecule has 0 rings (SSSR count). The van der Waals surface area contributed by atoms with Crippen molar-refractivity contribution < 1.29 is 19.5 Å². The summed E-state index contributed by atoms with van der Waals surface area (Å²) in [6.45, 7) is 31.1. The quantitative estimate of drug-likeness (QED) is 0.267. The summed E-state index contributed by atoms with van der Waals surface area (Å²) in [5, 5.41) is 0. The third kappa shape index (κ3) is 8.67. The average molecular weight is 372 g/mol. The van der Waals surface area contributed by atoms with Crippen molar-refractivity contribution in [3.63, 3.8) is 0 Å². The third-order valence-electron chi connectivity index (χ3n) is 5.88. The topological polar surface area (TPSA) is 0 Å². The van der Waals surface area contributed by atoms with Crippen LogP contribution in [0, 0.1) is 22.7 Å². The van der Waals surface area contributed by atoms with Gasteiger partial charge in [0.1, 0.15) is 0 Å². The Bertz CT molecular complexity index is 356. The normalized spacial score (nSPS) is 11.5. The largest absolute Gasteiger partial charge is 2.00 e. The van der Waals surface area contributed by atoms with Crippen LogP contribution in [0.1, 0.15) is 96.9 Å². The van der Waals surface area contributed by atoms with Crippen LogP contribution in [0.25, 0.3) is 0 Å². The van der Waals surface area contributed by atoms with Gasteiger partial charge < -0.3 is 11.8 Å². The minimum Gasteiger partial charge on any atom is -0.310 e. The third-order valence-corrected chi connectivity index (χ3v) is 5.88. The number of rotatable bonds is 4. The van der Waals surface area contributed by atoms with E-state index in [2.05, 4.69) is 96.9 Å². The molecular formula is C22H42Zn. The molecule has 23 heavy (non-hydrogen) atoms. The molecule has 0 heterocycles. The summed E-state index contributed by atoms with van der Waals surface area (Å²) in [5.41, 5.74) is 6.43. The van der Waals surface area contributed by atoms with Crippen LogP contribution in [0.4, 0.5) is 0 Å². The first-order valence-electron chi connectivity index (χ1n) is 8.50. The van der Waals surface area contributed by atoms with Gasteiger partial charge in [-0.15, -0.1) is 10.8 Å². The van der Waals surface area contributed by atoms with E-state index in [9.17, 15) is 0 Å². The number of hydrogen-bond donors (Lipinski definition) is 0. The molecule has 0 nitrogen and oxygen atoms in total. The molecule has 0 aromatic heterocycles. The van der Waals surface area contributed by atoms with Crippen molar-refractivity contribution in [2.24, 2.45) is 10.8 Å². The zero-order chi connectivity index (χ0) is 18.5. The summed E-state index contributed by atoms with van der Waals surface area (Å²) in [6.07, 6.45) is 0. The van der Waals surface area contributed by atoms with Crippen LogP contribution in [-0.4, -0.2) is 0 Å². The monoisotopic (exact) mass is 370 g/mol. The fraction of sp³-hybridized carbons (Fsp3) is 0.727. The van der Waals surface area contributed by atoms with Gasteiger partial charge >= 0.3 is 19.5 Å². The van der Waals surface area contributed by atoms with Gasteiger partial charge in [0.25, 0.3) is 0 Å². The van der Waals surface area contributed by atoms with Crippen LogP contribution in [0.5, 0.6) is 0 Å². The number of hydrogen-bond acceptors (Lipinski definition) is 0. The summed E-state index contributed by atoms with van der Waals surface area (Å²) in [4.78, 5) is 0. The van der Waals surface area contributed by atoms with Crippen LogP contribution in [0.15, 0.2) is 22.3 Å². The molecule has 132 valence electrons. The van der Waals surface area contributed by atoms with Crippen LogP contribution < -0.4 is 0 Å². The summed E-state index contributed by atoms with van der Waals surface area (Å²) in [7, 11) is 0. The minimum atomic E-state index is 0. The molecule has 0 bridgehead atoms. The molecule has 0 atom stereocenters. The van der Waals surface area contributed by atoms with Gasteiger partial charge in [-0.3, -0.25) is 0 Å². The molecule has 0 aliphatic rings. The first-order chi connectivity index (χ1) is 9.59. The van der Waals surface area contributed by atoms with Gasteiger partial charge in [-0.1, -0.05) is 50.0 Å². The zero-order valence-electron chi connectivity index (χ0n) is 18.7. The molecule has 0 N–H and O–H groups in total. The van der Waals surface area contributed by atoms with Gasteiger partial charge in [0.15, 0.2) is 0 Å². The van der Waals surface area contributed by atoms with Crippen LogP contribution >= 0.6 is 0 Å². The van der Waals surface area contributed by atoms with E-state index in [1.807, 2.05) is 0 Å². The van der Waals surface area contributed by atoms with Crippen molar-refractivity contribution in [2.75, 3.05) is 0 Å². The van der Waals surface area contributed by atoms with Crippen molar-refractivity contribution in [1.82, 2.24) is 0 Å². The molecule has 0 aromatic rings. The second kappa shape index (κ2) is 10.9. The molecule has 0 spiro atoms. The molecular weight excluding hydrogens is 330 g/mol. The minimum absolute atomic E-state index is 0. The molecule has 0 unspecified atom stereocenters. The number of allylic oxidation sites excluding steroid dienone is 4. The summed E-state index contributed by atoms with van der Waals surface area (Å²) in [6, 6.07) is 0. The molecule has 0 aromatic carbocycles. The van der Waals surface area contributed by atoms with Gasteiger partial charge in [0.05, 0.1) is 0 Å². The van der Waals surface area contributed by atoms with Crippen LogP contribution in [0.2, 0.25) is 0 Å². The Hall–Kier alpha value is 0.103. The molecule has 0 aliphatic heterocycles. The maximum atomic E-state index is 2.28. The van der Waals surface area contributed by atoms with Crippen molar-refractivity contribution in [2.45, 2.75) is 96.9 Å². The fourth-order valence-electron chi connectivity index (χ4n) is 2.00. The molecule has 1 heteroatoms. The van der Waals surface area contributed by atoms with E-state index in [4.69, 9.17) is 0 Å². The SMILES string of the molecule is CC(C)=C(C)C(C)(C)[C-](C)C.CC(C)=C(C)C(C)(C)[C-](C)C.[Zn+2]. The Labute approximate surface area is 161 Å². The molecule has 0 saturated carbocycles. The maximum absolute atomic E-state index is 2.28. The van der Waals surface area contributed by atoms with Crippen molar-refractivity contribution in [1.29, 1.82) is 0 Å². The van der Waals surface area contributed by atoms with E-state index >= 15 is 0 Å². The molecule has 0 amide bonds. The van der Waals surface area contributed by atoms with Crippen LogP contribution in [0.3, 0.4) is 0 Å². The standard InChI is InChI=1S/2C11H21.Zn/c2*1-8(2)10(5)11(6,7)9(3)4;/h2*1-7H3;/q2*-1;+2. The maximum Gasteiger partial charge on any atom is 2.00 e. The Balaban J connectivity index is -0.000000333. The van der Waals surface area contributed by atoms with E-state index in [-0.39, 0.29) is 30.3 Å². The van der Waals surface area contributed by atoms with Crippen molar-refractivity contribution in [3.05, 3.63) is 34.1 Å². The first kappa shape index (κ1) is 27.9. The summed E-state index contributed by atoms with van der Waals surface area (Å²) in [5.74, 6) is 2.97. The Morgan fingerprint density at radius 3 is 0.739 bits per heavy atom. The zero-order valence-corrected chi connectivity index (χ0v) is 21.7. The predicted octanol–water partition coefficient (Wildman–Crippen LogP) is 7.96. The second-order valence-electron chi connectivity index (χ2n) is 8.50. The van der Waals surface area contributed by atoms with E-state index in [0.717, 1.165) is 0 Å². The van der Waals surface area contributed by atoms with Gasteiger partial charge in [-0.05, 0) is 41.5 Å². The molecule has 0 radical (unpaired) electrons. The summed E-state index contributed by atoms with van der Waals surface area (Å²) >= 11 is 0. The smallest absolute Gasteiger partial charge is 0.310 e. The van der Waals surface area contributed by atoms with Gasteiger partial charge in [0, 0.05) is 0 Å². The van der Waals surface area contributed by atoms with Crippen molar-refractivity contribution >= 4 is 0 Å². The Kier molecular flexibility index (Phi) is 13.2.